The maximum Gasteiger partial charge on any atom is 0.339 e. The standard InChI is InChI=1S/C11H8Br2O4/c1-5-4-16-10(14)6-2-9(13)7(3-8(6)12)11(15)17-5/h2-3,5H,4H2,1H3. The Morgan fingerprint density at radius 2 is 1.65 bits per heavy atom. The molecule has 0 saturated heterocycles. The Labute approximate surface area is 115 Å². The summed E-state index contributed by atoms with van der Waals surface area (Å²) in [5.41, 5.74) is 0.754. The minimum atomic E-state index is -0.466. The molecule has 1 aromatic rings. The summed E-state index contributed by atoms with van der Waals surface area (Å²) in [7, 11) is 0. The highest BCUT2D eigenvalue weighted by molar-refractivity contribution is 9.11. The number of hydrogen-bond acceptors (Lipinski definition) is 4. The van der Waals surface area contributed by atoms with Gasteiger partial charge in [0.05, 0.1) is 11.1 Å². The lowest BCUT2D eigenvalue weighted by Crippen LogP contribution is -2.24. The van der Waals surface area contributed by atoms with Crippen LogP contribution in [0.5, 0.6) is 0 Å². The van der Waals surface area contributed by atoms with Gasteiger partial charge in [-0.25, -0.2) is 9.59 Å². The van der Waals surface area contributed by atoms with E-state index < -0.39 is 18.0 Å². The molecular formula is C11H8Br2O4. The summed E-state index contributed by atoms with van der Waals surface area (Å²) < 4.78 is 11.2. The van der Waals surface area contributed by atoms with Crippen molar-refractivity contribution in [1.82, 2.24) is 0 Å². The van der Waals surface area contributed by atoms with Crippen LogP contribution in [0.4, 0.5) is 0 Å². The number of esters is 2. The molecule has 2 bridgehead atoms. The number of benzene rings is 1. The van der Waals surface area contributed by atoms with E-state index in [1.165, 1.54) is 0 Å². The summed E-state index contributed by atoms with van der Waals surface area (Å²) >= 11 is 6.46. The summed E-state index contributed by atoms with van der Waals surface area (Å²) in [6.07, 6.45) is -0.466. The van der Waals surface area contributed by atoms with Crippen molar-refractivity contribution in [3.63, 3.8) is 0 Å². The van der Waals surface area contributed by atoms with Crippen LogP contribution in [0.25, 0.3) is 0 Å². The van der Waals surface area contributed by atoms with Gasteiger partial charge < -0.3 is 9.47 Å². The molecule has 0 aliphatic carbocycles. The second-order valence-corrected chi connectivity index (χ2v) is 5.33. The van der Waals surface area contributed by atoms with E-state index in [0.717, 1.165) is 0 Å². The van der Waals surface area contributed by atoms with Crippen molar-refractivity contribution in [2.45, 2.75) is 13.0 Å². The molecule has 0 radical (unpaired) electrons. The molecule has 3 rings (SSSR count). The van der Waals surface area contributed by atoms with Crippen molar-refractivity contribution < 1.29 is 19.1 Å². The van der Waals surface area contributed by atoms with Crippen molar-refractivity contribution in [1.29, 1.82) is 0 Å². The van der Waals surface area contributed by atoms with Crippen molar-refractivity contribution in [3.8, 4) is 0 Å². The molecule has 4 nitrogen and oxygen atoms in total. The zero-order chi connectivity index (χ0) is 12.6. The fourth-order valence-electron chi connectivity index (χ4n) is 1.41. The van der Waals surface area contributed by atoms with Crippen LogP contribution < -0.4 is 0 Å². The summed E-state index contributed by atoms with van der Waals surface area (Å²) in [6, 6.07) is 3.08. The first-order chi connectivity index (χ1) is 7.99. The van der Waals surface area contributed by atoms with Crippen molar-refractivity contribution in [2.75, 3.05) is 6.61 Å². The first-order valence-corrected chi connectivity index (χ1v) is 6.45. The van der Waals surface area contributed by atoms with E-state index in [2.05, 4.69) is 31.9 Å². The topological polar surface area (TPSA) is 52.6 Å². The molecule has 90 valence electrons. The van der Waals surface area contributed by atoms with Gasteiger partial charge in [-0.2, -0.15) is 0 Å². The van der Waals surface area contributed by atoms with Gasteiger partial charge in [0.2, 0.25) is 0 Å². The lowest BCUT2D eigenvalue weighted by atomic mass is 10.1. The normalized spacial score (nSPS) is 19.8. The third kappa shape index (κ3) is 2.52. The molecule has 1 aromatic carbocycles. The monoisotopic (exact) mass is 362 g/mol. The molecule has 0 spiro atoms. The number of ether oxygens (including phenoxy) is 2. The van der Waals surface area contributed by atoms with E-state index in [9.17, 15) is 9.59 Å². The summed E-state index contributed by atoms with van der Waals surface area (Å²) in [5, 5.41) is 0. The quantitative estimate of drug-likeness (QED) is 0.665. The number of fused-ring (bicyclic) bond motifs is 7. The maximum absolute atomic E-state index is 11.8. The van der Waals surface area contributed by atoms with Gasteiger partial charge in [-0.1, -0.05) is 0 Å². The van der Waals surface area contributed by atoms with Crippen molar-refractivity contribution >= 4 is 43.8 Å². The van der Waals surface area contributed by atoms with Crippen LogP contribution in [0.1, 0.15) is 27.6 Å². The highest BCUT2D eigenvalue weighted by Crippen LogP contribution is 2.28. The molecule has 1 unspecified atom stereocenters. The number of halogens is 2. The van der Waals surface area contributed by atoms with Crippen LogP contribution in [0.2, 0.25) is 0 Å². The van der Waals surface area contributed by atoms with Crippen LogP contribution in [0.15, 0.2) is 21.1 Å². The van der Waals surface area contributed by atoms with Gasteiger partial charge in [0, 0.05) is 8.95 Å². The van der Waals surface area contributed by atoms with Gasteiger partial charge in [0.25, 0.3) is 0 Å². The highest BCUT2D eigenvalue weighted by atomic mass is 79.9. The fourth-order valence-corrected chi connectivity index (χ4v) is 2.42. The molecular weight excluding hydrogens is 356 g/mol. The molecule has 2 heterocycles. The van der Waals surface area contributed by atoms with E-state index in [0.29, 0.717) is 20.1 Å². The van der Waals surface area contributed by atoms with E-state index in [4.69, 9.17) is 9.47 Å². The molecule has 0 amide bonds. The molecule has 17 heavy (non-hydrogen) atoms. The van der Waals surface area contributed by atoms with E-state index in [1.807, 2.05) is 0 Å². The maximum atomic E-state index is 11.8. The largest absolute Gasteiger partial charge is 0.458 e. The highest BCUT2D eigenvalue weighted by Gasteiger charge is 2.23. The molecule has 2 aliphatic rings. The Hall–Kier alpha value is -0.880. The van der Waals surface area contributed by atoms with Crippen molar-refractivity contribution in [3.05, 3.63) is 32.2 Å². The molecule has 2 aliphatic heterocycles. The predicted molar refractivity (Wildman–Crippen MR) is 67.0 cm³/mol. The molecule has 6 heteroatoms. The third-order valence-corrected chi connectivity index (χ3v) is 3.57. The fraction of sp³-hybridized carbons (Fsp3) is 0.273. The summed E-state index contributed by atoms with van der Waals surface area (Å²) in [6.45, 7) is 1.72. The predicted octanol–water partition coefficient (Wildman–Crippen LogP) is 2.93. The Balaban J connectivity index is 2.57. The van der Waals surface area contributed by atoms with Gasteiger partial charge in [-0.15, -0.1) is 0 Å². The Bertz CT molecular complexity index is 498. The first-order valence-electron chi connectivity index (χ1n) is 4.86. The zero-order valence-corrected chi connectivity index (χ0v) is 12.0. The summed E-state index contributed by atoms with van der Waals surface area (Å²) in [4.78, 5) is 23.5. The van der Waals surface area contributed by atoms with E-state index >= 15 is 0 Å². The molecule has 0 saturated carbocycles. The van der Waals surface area contributed by atoms with Crippen molar-refractivity contribution in [2.24, 2.45) is 0 Å². The lowest BCUT2D eigenvalue weighted by Gasteiger charge is -2.17. The van der Waals surface area contributed by atoms with Crippen LogP contribution >= 0.6 is 31.9 Å². The number of rotatable bonds is 0. The van der Waals surface area contributed by atoms with Gasteiger partial charge in [-0.05, 0) is 50.9 Å². The van der Waals surface area contributed by atoms with Crippen LogP contribution in [0, 0.1) is 0 Å². The smallest absolute Gasteiger partial charge is 0.339 e. The average molecular weight is 364 g/mol. The van der Waals surface area contributed by atoms with Gasteiger partial charge >= 0.3 is 11.9 Å². The molecule has 0 aromatic heterocycles. The Morgan fingerprint density at radius 1 is 1.12 bits per heavy atom. The number of hydrogen-bond donors (Lipinski definition) is 0. The molecule has 0 N–H and O–H groups in total. The second kappa shape index (κ2) is 4.78. The van der Waals surface area contributed by atoms with Gasteiger partial charge in [0.15, 0.2) is 0 Å². The Kier molecular flexibility index (Phi) is 3.53. The average Bonchev–Trinajstić information content (AvgIpc) is 2.27. The van der Waals surface area contributed by atoms with E-state index in [-0.39, 0.29) is 6.61 Å². The van der Waals surface area contributed by atoms with Crippen LogP contribution in [-0.4, -0.2) is 24.6 Å². The first kappa shape index (κ1) is 12.6. The minimum Gasteiger partial charge on any atom is -0.458 e. The van der Waals surface area contributed by atoms with Crippen LogP contribution in [-0.2, 0) is 9.47 Å². The van der Waals surface area contributed by atoms with Crippen LogP contribution in [0.3, 0.4) is 0 Å². The lowest BCUT2D eigenvalue weighted by molar-refractivity contribution is 0.00377. The molecule has 1 atom stereocenters. The number of carbonyl (C=O) groups excluding carboxylic acids is 2. The van der Waals surface area contributed by atoms with Gasteiger partial charge in [0.1, 0.15) is 12.7 Å². The number of carbonyl (C=O) groups is 2. The SMILES string of the molecule is CC1COC(=O)c2cc(Br)c(cc2Br)C(=O)O1. The summed E-state index contributed by atoms with van der Waals surface area (Å²) in [5.74, 6) is -0.900. The second-order valence-electron chi connectivity index (χ2n) is 3.63. The molecule has 0 fully saturated rings. The third-order valence-electron chi connectivity index (χ3n) is 2.25. The van der Waals surface area contributed by atoms with Gasteiger partial charge in [-0.3, -0.25) is 0 Å². The zero-order valence-electron chi connectivity index (χ0n) is 8.83. The minimum absolute atomic E-state index is 0.0487. The Morgan fingerprint density at radius 3 is 2.24 bits per heavy atom. The van der Waals surface area contributed by atoms with E-state index in [1.54, 1.807) is 19.1 Å².